The van der Waals surface area contributed by atoms with Crippen LogP contribution in [0.15, 0.2) is 0 Å². The van der Waals surface area contributed by atoms with Crippen molar-refractivity contribution in [3.63, 3.8) is 0 Å². The smallest absolute Gasteiger partial charge is 0.363 e. The van der Waals surface area contributed by atoms with Crippen molar-refractivity contribution in [3.8, 4) is 0 Å². The van der Waals surface area contributed by atoms with Crippen molar-refractivity contribution in [1.82, 2.24) is 0 Å². The summed E-state index contributed by atoms with van der Waals surface area (Å²) in [6.45, 7) is -2.06. The molecule has 18 heavy (non-hydrogen) atoms. The molecule has 0 aromatic rings. The van der Waals surface area contributed by atoms with Crippen molar-refractivity contribution in [2.45, 2.75) is 30.2 Å². The summed E-state index contributed by atoms with van der Waals surface area (Å²) in [5.41, 5.74) is 0. The highest BCUT2D eigenvalue weighted by Gasteiger charge is 2.78. The highest BCUT2D eigenvalue weighted by molar-refractivity contribution is 5.03. The lowest BCUT2D eigenvalue weighted by atomic mass is 9.87. The number of aliphatic hydroxyl groups is 1. The van der Waals surface area contributed by atoms with Gasteiger partial charge in [-0.1, -0.05) is 0 Å². The molecule has 0 spiro atoms. The highest BCUT2D eigenvalue weighted by atomic mass is 19.4. The molecule has 1 N–H and O–H groups in total. The molecule has 11 heteroatoms. The van der Waals surface area contributed by atoms with E-state index in [1.54, 1.807) is 0 Å². The molecule has 1 heterocycles. The number of rotatable bonds is 1. The molecule has 1 fully saturated rings. The fourth-order valence-electron chi connectivity index (χ4n) is 1.32. The van der Waals surface area contributed by atoms with Gasteiger partial charge in [-0.3, -0.25) is 0 Å². The number of alkyl halides is 9. The predicted octanol–water partition coefficient (Wildman–Crippen LogP) is 2.42. The monoisotopic (exact) mass is 292 g/mol. The highest BCUT2D eigenvalue weighted by Crippen LogP contribution is 2.55. The van der Waals surface area contributed by atoms with E-state index < -0.39 is 42.8 Å². The fourth-order valence-corrected chi connectivity index (χ4v) is 1.32. The zero-order valence-electron chi connectivity index (χ0n) is 8.12. The molecular weight excluding hydrogens is 287 g/mol. The zero-order valence-corrected chi connectivity index (χ0v) is 8.12. The Balaban J connectivity index is 3.20. The van der Waals surface area contributed by atoms with E-state index >= 15 is 0 Å². The third-order valence-electron chi connectivity index (χ3n) is 2.43. The van der Waals surface area contributed by atoms with Crippen LogP contribution in [0.1, 0.15) is 0 Å². The molecule has 0 saturated carbocycles. The maximum Gasteiger partial charge on any atom is 0.453 e. The van der Waals surface area contributed by atoms with Gasteiger partial charge in [0.2, 0.25) is 6.29 Å². The van der Waals surface area contributed by atoms with Crippen molar-refractivity contribution >= 4 is 0 Å². The van der Waals surface area contributed by atoms with Crippen LogP contribution < -0.4 is 0 Å². The lowest BCUT2D eigenvalue weighted by molar-refractivity contribution is -0.414. The van der Waals surface area contributed by atoms with E-state index in [2.05, 4.69) is 4.74 Å². The molecule has 0 bridgehead atoms. The topological polar surface area (TPSA) is 29.5 Å². The Bertz CT molecular complexity index is 323. The van der Waals surface area contributed by atoms with Crippen LogP contribution in [-0.2, 0) is 4.74 Å². The van der Waals surface area contributed by atoms with Gasteiger partial charge in [-0.25, -0.2) is 0 Å². The summed E-state index contributed by atoms with van der Waals surface area (Å²) in [7, 11) is 0. The summed E-state index contributed by atoms with van der Waals surface area (Å²) in [5.74, 6) is -21.5. The molecule has 0 radical (unpaired) electrons. The lowest BCUT2D eigenvalue weighted by Gasteiger charge is -2.42. The maximum atomic E-state index is 13.0. The third-order valence-corrected chi connectivity index (χ3v) is 2.43. The van der Waals surface area contributed by atoms with Gasteiger partial charge in [0.1, 0.15) is 5.92 Å². The van der Waals surface area contributed by atoms with Crippen molar-refractivity contribution in [2.75, 3.05) is 6.61 Å². The van der Waals surface area contributed by atoms with Gasteiger partial charge >= 0.3 is 23.9 Å². The van der Waals surface area contributed by atoms with Crippen LogP contribution in [0.25, 0.3) is 0 Å². The van der Waals surface area contributed by atoms with Gasteiger partial charge in [0.15, 0.2) is 0 Å². The van der Waals surface area contributed by atoms with Crippen LogP contribution >= 0.6 is 0 Å². The minimum absolute atomic E-state index is 2.06. The van der Waals surface area contributed by atoms with E-state index in [0.717, 1.165) is 0 Å². The van der Waals surface area contributed by atoms with Crippen molar-refractivity contribution in [1.29, 1.82) is 0 Å². The Morgan fingerprint density at radius 1 is 0.944 bits per heavy atom. The summed E-state index contributed by atoms with van der Waals surface area (Å²) in [4.78, 5) is 0. The van der Waals surface area contributed by atoms with E-state index in [1.165, 1.54) is 0 Å². The van der Waals surface area contributed by atoms with Crippen molar-refractivity contribution in [2.24, 2.45) is 5.92 Å². The molecule has 1 saturated heterocycles. The molecule has 0 amide bonds. The van der Waals surface area contributed by atoms with Gasteiger partial charge in [0.25, 0.3) is 0 Å². The van der Waals surface area contributed by atoms with E-state index in [1.807, 2.05) is 0 Å². The second-order valence-corrected chi connectivity index (χ2v) is 3.60. The number of ether oxygens (including phenoxy) is 1. The molecule has 0 aromatic carbocycles. The average Bonchev–Trinajstić information content (AvgIpc) is 2.12. The first kappa shape index (κ1) is 15.3. The molecule has 0 aromatic heterocycles. The summed E-state index contributed by atoms with van der Waals surface area (Å²) in [5, 5.41) is 8.38. The average molecular weight is 292 g/mol. The molecule has 2 atom stereocenters. The predicted molar refractivity (Wildman–Crippen MR) is 36.3 cm³/mol. The van der Waals surface area contributed by atoms with Crippen molar-refractivity contribution in [3.05, 3.63) is 0 Å². The second kappa shape index (κ2) is 3.89. The Labute approximate surface area is 93.3 Å². The van der Waals surface area contributed by atoms with Gasteiger partial charge < -0.3 is 9.84 Å². The number of aliphatic hydroxyl groups excluding tert-OH is 1. The molecule has 0 aliphatic carbocycles. The van der Waals surface area contributed by atoms with Crippen LogP contribution in [0.4, 0.5) is 39.5 Å². The molecular formula is C7H5F9O2. The van der Waals surface area contributed by atoms with Crippen LogP contribution in [0.3, 0.4) is 0 Å². The SMILES string of the molecule is OC1OCC(C(F)(F)C(F)(F)F)C(F)(F)C1(F)F. The van der Waals surface area contributed by atoms with Gasteiger partial charge in [-0.05, 0) is 0 Å². The molecule has 2 nitrogen and oxygen atoms in total. The summed E-state index contributed by atoms with van der Waals surface area (Å²) >= 11 is 0. The quantitative estimate of drug-likeness (QED) is 0.752. The number of halogens is 9. The van der Waals surface area contributed by atoms with Crippen LogP contribution in [-0.4, -0.2) is 41.9 Å². The van der Waals surface area contributed by atoms with Crippen LogP contribution in [0.5, 0.6) is 0 Å². The molecule has 1 aliphatic heterocycles. The lowest BCUT2D eigenvalue weighted by Crippen LogP contribution is -2.66. The van der Waals surface area contributed by atoms with E-state index in [4.69, 9.17) is 5.11 Å². The van der Waals surface area contributed by atoms with Crippen LogP contribution in [0.2, 0.25) is 0 Å². The fraction of sp³-hybridized carbons (Fsp3) is 1.00. The van der Waals surface area contributed by atoms with Gasteiger partial charge in [-0.15, -0.1) is 0 Å². The summed E-state index contributed by atoms with van der Waals surface area (Å²) < 4.78 is 116. The summed E-state index contributed by atoms with van der Waals surface area (Å²) in [6, 6.07) is 0. The van der Waals surface area contributed by atoms with Gasteiger partial charge in [0, 0.05) is 0 Å². The second-order valence-electron chi connectivity index (χ2n) is 3.60. The van der Waals surface area contributed by atoms with Gasteiger partial charge in [-0.2, -0.15) is 39.5 Å². The number of hydrogen-bond donors (Lipinski definition) is 1. The summed E-state index contributed by atoms with van der Waals surface area (Å²) in [6.07, 6.45) is -9.89. The molecule has 1 rings (SSSR count). The molecule has 2 unspecified atom stereocenters. The first-order valence-corrected chi connectivity index (χ1v) is 4.26. The first-order chi connectivity index (χ1) is 7.76. The zero-order chi connectivity index (χ0) is 14.6. The first-order valence-electron chi connectivity index (χ1n) is 4.26. The normalized spacial score (nSPS) is 32.3. The van der Waals surface area contributed by atoms with E-state index in [-0.39, 0.29) is 0 Å². The Hall–Kier alpha value is -0.710. The third kappa shape index (κ3) is 1.92. The molecule has 108 valence electrons. The maximum absolute atomic E-state index is 13.0. The Morgan fingerprint density at radius 2 is 1.39 bits per heavy atom. The van der Waals surface area contributed by atoms with Crippen LogP contribution in [0, 0.1) is 5.92 Å². The minimum atomic E-state index is -6.44. The number of hydrogen-bond acceptors (Lipinski definition) is 2. The standard InChI is InChI=1S/C7H5F9O2/c8-4(9)2(5(10,11)7(14,15)16)1-18-3(17)6(4,12)13/h2-3,17H,1H2. The molecule has 1 aliphatic rings. The Morgan fingerprint density at radius 3 is 1.78 bits per heavy atom. The van der Waals surface area contributed by atoms with E-state index in [0.29, 0.717) is 0 Å². The van der Waals surface area contributed by atoms with Crippen molar-refractivity contribution < 1.29 is 49.4 Å². The minimum Gasteiger partial charge on any atom is -0.363 e. The van der Waals surface area contributed by atoms with Gasteiger partial charge in [0.05, 0.1) is 6.61 Å². The Kier molecular flexibility index (Phi) is 3.32. The van der Waals surface area contributed by atoms with E-state index in [9.17, 15) is 39.5 Å². The largest absolute Gasteiger partial charge is 0.453 e.